The predicted octanol–water partition coefficient (Wildman–Crippen LogP) is 1.52. The summed E-state index contributed by atoms with van der Waals surface area (Å²) in [5, 5.41) is 0. The van der Waals surface area contributed by atoms with Crippen molar-refractivity contribution in [3.05, 3.63) is 29.8 Å². The molecule has 0 aliphatic carbocycles. The summed E-state index contributed by atoms with van der Waals surface area (Å²) >= 11 is 0. The number of piperidine rings is 1. The number of likely N-dealkylation sites (tertiary alicyclic amines) is 1. The van der Waals surface area contributed by atoms with Crippen LogP contribution in [0, 0.1) is 0 Å². The van der Waals surface area contributed by atoms with Gasteiger partial charge >= 0.3 is 0 Å². The third-order valence-electron chi connectivity index (χ3n) is 3.20. The molecule has 1 aliphatic rings. The van der Waals surface area contributed by atoms with Crippen molar-refractivity contribution in [2.24, 2.45) is 0 Å². The molecule has 0 bridgehead atoms. The Hall–Kier alpha value is -1.84. The van der Waals surface area contributed by atoms with E-state index in [1.807, 2.05) is 25.1 Å². The molecule has 0 unspecified atom stereocenters. The smallest absolute Gasteiger partial charge is 0.229 e. The minimum Gasteiger partial charge on any atom is -0.398 e. The summed E-state index contributed by atoms with van der Waals surface area (Å²) < 4.78 is 0. The zero-order valence-corrected chi connectivity index (χ0v) is 9.85. The van der Waals surface area contributed by atoms with Crippen LogP contribution in [0.3, 0.4) is 0 Å². The average Bonchev–Trinajstić information content (AvgIpc) is 2.29. The van der Waals surface area contributed by atoms with Gasteiger partial charge in [-0.1, -0.05) is 18.2 Å². The van der Waals surface area contributed by atoms with Crippen LogP contribution in [0.2, 0.25) is 0 Å². The fraction of sp³-hybridized carbons (Fsp3) is 0.385. The van der Waals surface area contributed by atoms with E-state index in [4.69, 9.17) is 5.73 Å². The molecule has 1 heterocycles. The Labute approximate surface area is 100 Å². The zero-order chi connectivity index (χ0) is 12.4. The molecule has 90 valence electrons. The molecular formula is C13H16N2O2. The number of nitrogen functional groups attached to an aromatic ring is 1. The van der Waals surface area contributed by atoms with Gasteiger partial charge in [-0.25, -0.2) is 0 Å². The minimum absolute atomic E-state index is 0.0704. The summed E-state index contributed by atoms with van der Waals surface area (Å²) in [6.45, 7) is 2.27. The van der Waals surface area contributed by atoms with Crippen LogP contribution < -0.4 is 5.73 Å². The highest BCUT2D eigenvalue weighted by atomic mass is 16.2. The molecule has 2 rings (SSSR count). The van der Waals surface area contributed by atoms with Gasteiger partial charge in [0.1, 0.15) is 0 Å². The lowest BCUT2D eigenvalue weighted by Gasteiger charge is -2.29. The number of nitrogens with zero attached hydrogens (tertiary/aromatic N) is 1. The molecule has 1 aromatic carbocycles. The van der Waals surface area contributed by atoms with E-state index in [-0.39, 0.29) is 17.7 Å². The maximum absolute atomic E-state index is 11.8. The molecule has 0 saturated carbocycles. The number of carbonyl (C=O) groups is 2. The van der Waals surface area contributed by atoms with E-state index in [9.17, 15) is 9.59 Å². The highest BCUT2D eigenvalue weighted by molar-refractivity contribution is 5.98. The number of hydrogen-bond donors (Lipinski definition) is 1. The molecule has 2 amide bonds. The summed E-state index contributed by atoms with van der Waals surface area (Å²) in [4.78, 5) is 24.9. The van der Waals surface area contributed by atoms with Crippen molar-refractivity contribution >= 4 is 17.5 Å². The zero-order valence-electron chi connectivity index (χ0n) is 9.85. The molecule has 4 heteroatoms. The number of para-hydroxylation sites is 1. The van der Waals surface area contributed by atoms with Gasteiger partial charge in [0.15, 0.2) is 0 Å². The standard InChI is InChI=1S/C13H16N2O2/c1-2-15-12(16)7-9(8-13(15)17)10-5-3-4-6-11(10)14/h3-6,9H,2,7-8,14H2,1H3. The number of amides is 2. The van der Waals surface area contributed by atoms with E-state index in [0.717, 1.165) is 5.56 Å². The second-order valence-electron chi connectivity index (χ2n) is 4.27. The van der Waals surface area contributed by atoms with Gasteiger partial charge in [-0.15, -0.1) is 0 Å². The van der Waals surface area contributed by atoms with Crippen LogP contribution in [0.4, 0.5) is 5.69 Å². The van der Waals surface area contributed by atoms with Crippen LogP contribution in [-0.4, -0.2) is 23.3 Å². The molecule has 4 nitrogen and oxygen atoms in total. The second-order valence-corrected chi connectivity index (χ2v) is 4.27. The van der Waals surface area contributed by atoms with E-state index in [1.165, 1.54) is 4.90 Å². The third kappa shape index (κ3) is 2.16. The normalized spacial score (nSPS) is 17.6. The van der Waals surface area contributed by atoms with Crippen molar-refractivity contribution in [2.75, 3.05) is 12.3 Å². The molecule has 0 radical (unpaired) electrons. The molecular weight excluding hydrogens is 216 g/mol. The molecule has 1 saturated heterocycles. The van der Waals surface area contributed by atoms with E-state index in [0.29, 0.717) is 25.1 Å². The molecule has 0 atom stereocenters. The van der Waals surface area contributed by atoms with Gasteiger partial charge in [-0.2, -0.15) is 0 Å². The number of benzene rings is 1. The summed E-state index contributed by atoms with van der Waals surface area (Å²) in [6.07, 6.45) is 0.738. The summed E-state index contributed by atoms with van der Waals surface area (Å²) in [6, 6.07) is 7.43. The minimum atomic E-state index is -0.1000. The number of anilines is 1. The number of rotatable bonds is 2. The Morgan fingerprint density at radius 2 is 1.82 bits per heavy atom. The van der Waals surface area contributed by atoms with Crippen LogP contribution in [0.5, 0.6) is 0 Å². The Morgan fingerprint density at radius 1 is 1.24 bits per heavy atom. The fourth-order valence-corrected chi connectivity index (χ4v) is 2.31. The monoisotopic (exact) mass is 232 g/mol. The SMILES string of the molecule is CCN1C(=O)CC(c2ccccc2N)CC1=O. The van der Waals surface area contributed by atoms with Crippen molar-refractivity contribution in [1.29, 1.82) is 0 Å². The van der Waals surface area contributed by atoms with Gasteiger partial charge in [0.05, 0.1) is 0 Å². The van der Waals surface area contributed by atoms with Gasteiger partial charge in [-0.05, 0) is 18.6 Å². The number of nitrogens with two attached hydrogens (primary N) is 1. The summed E-state index contributed by atoms with van der Waals surface area (Å²) in [5.74, 6) is -0.270. The largest absolute Gasteiger partial charge is 0.398 e. The van der Waals surface area contributed by atoms with E-state index >= 15 is 0 Å². The first-order valence-electron chi connectivity index (χ1n) is 5.81. The summed E-state index contributed by atoms with van der Waals surface area (Å²) in [7, 11) is 0. The molecule has 1 aromatic rings. The summed E-state index contributed by atoms with van der Waals surface area (Å²) in [5.41, 5.74) is 7.44. The van der Waals surface area contributed by atoms with Crippen molar-refractivity contribution in [3.63, 3.8) is 0 Å². The van der Waals surface area contributed by atoms with Crippen molar-refractivity contribution in [3.8, 4) is 0 Å². The van der Waals surface area contributed by atoms with E-state index in [2.05, 4.69) is 0 Å². The quantitative estimate of drug-likeness (QED) is 0.621. The molecule has 1 fully saturated rings. The van der Waals surface area contributed by atoms with E-state index < -0.39 is 0 Å². The van der Waals surface area contributed by atoms with Crippen LogP contribution in [-0.2, 0) is 9.59 Å². The van der Waals surface area contributed by atoms with Crippen LogP contribution in [0.1, 0.15) is 31.2 Å². The van der Waals surface area contributed by atoms with Gasteiger partial charge in [0.25, 0.3) is 0 Å². The third-order valence-corrected chi connectivity index (χ3v) is 3.20. The van der Waals surface area contributed by atoms with Gasteiger partial charge < -0.3 is 5.73 Å². The van der Waals surface area contributed by atoms with Gasteiger partial charge in [0.2, 0.25) is 11.8 Å². The van der Waals surface area contributed by atoms with Gasteiger partial charge in [-0.3, -0.25) is 14.5 Å². The molecule has 0 spiro atoms. The lowest BCUT2D eigenvalue weighted by atomic mass is 9.87. The van der Waals surface area contributed by atoms with Gasteiger partial charge in [0, 0.05) is 31.0 Å². The topological polar surface area (TPSA) is 63.4 Å². The maximum Gasteiger partial charge on any atom is 0.229 e. The first-order valence-corrected chi connectivity index (χ1v) is 5.81. The van der Waals surface area contributed by atoms with Crippen LogP contribution in [0.15, 0.2) is 24.3 Å². The Kier molecular flexibility index (Phi) is 3.13. The molecule has 17 heavy (non-hydrogen) atoms. The first kappa shape index (κ1) is 11.6. The lowest BCUT2D eigenvalue weighted by Crippen LogP contribution is -2.42. The first-order chi connectivity index (χ1) is 8.13. The highest BCUT2D eigenvalue weighted by Gasteiger charge is 2.32. The number of carbonyl (C=O) groups excluding carboxylic acids is 2. The molecule has 2 N–H and O–H groups in total. The number of hydrogen-bond acceptors (Lipinski definition) is 3. The molecule has 0 aromatic heterocycles. The predicted molar refractivity (Wildman–Crippen MR) is 65.2 cm³/mol. The fourth-order valence-electron chi connectivity index (χ4n) is 2.31. The van der Waals surface area contributed by atoms with Crippen molar-refractivity contribution in [2.45, 2.75) is 25.7 Å². The van der Waals surface area contributed by atoms with E-state index in [1.54, 1.807) is 6.07 Å². The highest BCUT2D eigenvalue weighted by Crippen LogP contribution is 2.32. The lowest BCUT2D eigenvalue weighted by molar-refractivity contribution is -0.148. The molecule has 1 aliphatic heterocycles. The van der Waals surface area contributed by atoms with Crippen molar-refractivity contribution in [1.82, 2.24) is 4.90 Å². The average molecular weight is 232 g/mol. The Bertz CT molecular complexity index is 438. The Balaban J connectivity index is 2.24. The van der Waals surface area contributed by atoms with Crippen molar-refractivity contribution < 1.29 is 9.59 Å². The maximum atomic E-state index is 11.8. The second kappa shape index (κ2) is 4.57. The Morgan fingerprint density at radius 3 is 2.35 bits per heavy atom. The van der Waals surface area contributed by atoms with Crippen LogP contribution in [0.25, 0.3) is 0 Å². The number of imide groups is 1. The van der Waals surface area contributed by atoms with Crippen LogP contribution >= 0.6 is 0 Å².